The number of aromatic nitrogens is 1. The monoisotopic (exact) mass is 264 g/mol. The number of rotatable bonds is 3. The topological polar surface area (TPSA) is 80.5 Å². The highest BCUT2D eigenvalue weighted by atomic mass is 16.5. The Morgan fingerprint density at radius 2 is 2.47 bits per heavy atom. The number of carbonyl (C=O) groups is 1. The van der Waals surface area contributed by atoms with E-state index in [-0.39, 0.29) is 11.9 Å². The standard InChI is InChI=1S/C13H20N4O2/c1-3-15-13(18)11-8-19-5-4-17(11)12-6-10(14)9(2)7-16-12/h6-7,11H,3-5,8H2,1-2H3,(H2,14,16)(H,15,18). The predicted molar refractivity (Wildman–Crippen MR) is 74.0 cm³/mol. The molecule has 1 saturated heterocycles. The molecule has 1 aliphatic heterocycles. The number of morpholine rings is 1. The van der Waals surface area contributed by atoms with Crippen LogP contribution in [-0.2, 0) is 9.53 Å². The van der Waals surface area contributed by atoms with E-state index in [9.17, 15) is 4.79 Å². The summed E-state index contributed by atoms with van der Waals surface area (Å²) >= 11 is 0. The Balaban J connectivity index is 2.23. The Morgan fingerprint density at radius 3 is 3.16 bits per heavy atom. The molecule has 1 aromatic rings. The van der Waals surface area contributed by atoms with E-state index in [1.807, 2.05) is 24.8 Å². The third kappa shape index (κ3) is 2.96. The number of carbonyl (C=O) groups excluding carboxylic acids is 1. The van der Waals surface area contributed by atoms with Crippen LogP contribution in [0.1, 0.15) is 12.5 Å². The molecule has 6 nitrogen and oxygen atoms in total. The number of nitrogens with one attached hydrogen (secondary N) is 1. The van der Waals surface area contributed by atoms with E-state index in [1.165, 1.54) is 0 Å². The molecule has 0 aliphatic carbocycles. The van der Waals surface area contributed by atoms with E-state index in [0.29, 0.717) is 32.0 Å². The summed E-state index contributed by atoms with van der Waals surface area (Å²) in [4.78, 5) is 18.4. The number of likely N-dealkylation sites (N-methyl/N-ethyl adjacent to an activating group) is 1. The molecule has 6 heteroatoms. The van der Waals surface area contributed by atoms with Crippen LogP contribution in [0, 0.1) is 6.92 Å². The van der Waals surface area contributed by atoms with Crippen molar-refractivity contribution >= 4 is 17.4 Å². The van der Waals surface area contributed by atoms with Crippen molar-refractivity contribution in [2.24, 2.45) is 0 Å². The second-order valence-electron chi connectivity index (χ2n) is 4.58. The quantitative estimate of drug-likeness (QED) is 0.821. The molecule has 2 heterocycles. The largest absolute Gasteiger partial charge is 0.398 e. The highest BCUT2D eigenvalue weighted by Crippen LogP contribution is 2.21. The number of pyridine rings is 1. The maximum atomic E-state index is 12.0. The fourth-order valence-electron chi connectivity index (χ4n) is 2.07. The van der Waals surface area contributed by atoms with Crippen molar-refractivity contribution < 1.29 is 9.53 Å². The van der Waals surface area contributed by atoms with E-state index in [2.05, 4.69) is 10.3 Å². The molecule has 0 aromatic carbocycles. The highest BCUT2D eigenvalue weighted by molar-refractivity contribution is 5.85. The van der Waals surface area contributed by atoms with Gasteiger partial charge in [-0.3, -0.25) is 4.79 Å². The van der Waals surface area contributed by atoms with Crippen molar-refractivity contribution in [3.8, 4) is 0 Å². The first-order valence-electron chi connectivity index (χ1n) is 6.47. The van der Waals surface area contributed by atoms with Crippen LogP contribution < -0.4 is 16.0 Å². The summed E-state index contributed by atoms with van der Waals surface area (Å²) in [6.07, 6.45) is 1.73. The Hall–Kier alpha value is -1.82. The molecule has 1 amide bonds. The Bertz CT molecular complexity index is 464. The molecule has 0 spiro atoms. The molecule has 104 valence electrons. The fraction of sp³-hybridized carbons (Fsp3) is 0.538. The molecule has 0 bridgehead atoms. The number of hydrogen-bond donors (Lipinski definition) is 2. The Labute approximate surface area is 112 Å². The molecule has 0 saturated carbocycles. The number of amides is 1. The number of anilines is 2. The van der Waals surface area contributed by atoms with Gasteiger partial charge < -0.3 is 20.7 Å². The summed E-state index contributed by atoms with van der Waals surface area (Å²) in [6, 6.07) is 1.47. The first-order valence-corrected chi connectivity index (χ1v) is 6.47. The van der Waals surface area contributed by atoms with Crippen LogP contribution in [-0.4, -0.2) is 43.2 Å². The van der Waals surface area contributed by atoms with Gasteiger partial charge in [0.25, 0.3) is 0 Å². The van der Waals surface area contributed by atoms with Crippen LogP contribution >= 0.6 is 0 Å². The lowest BCUT2D eigenvalue weighted by atomic mass is 10.2. The number of ether oxygens (including phenoxy) is 1. The maximum Gasteiger partial charge on any atom is 0.245 e. The van der Waals surface area contributed by atoms with Gasteiger partial charge in [-0.25, -0.2) is 4.98 Å². The molecule has 19 heavy (non-hydrogen) atoms. The minimum Gasteiger partial charge on any atom is -0.398 e. The van der Waals surface area contributed by atoms with Crippen LogP contribution in [0.3, 0.4) is 0 Å². The summed E-state index contributed by atoms with van der Waals surface area (Å²) in [5.74, 6) is 0.686. The van der Waals surface area contributed by atoms with E-state index in [4.69, 9.17) is 10.5 Å². The summed E-state index contributed by atoms with van der Waals surface area (Å²) in [7, 11) is 0. The maximum absolute atomic E-state index is 12.0. The van der Waals surface area contributed by atoms with E-state index in [0.717, 1.165) is 11.4 Å². The van der Waals surface area contributed by atoms with Crippen molar-refractivity contribution in [1.29, 1.82) is 0 Å². The van der Waals surface area contributed by atoms with Crippen molar-refractivity contribution in [2.45, 2.75) is 19.9 Å². The molecule has 1 unspecified atom stereocenters. The summed E-state index contributed by atoms with van der Waals surface area (Å²) in [5, 5.41) is 2.82. The number of aryl methyl sites for hydroxylation is 1. The smallest absolute Gasteiger partial charge is 0.245 e. The average Bonchev–Trinajstić information content (AvgIpc) is 2.42. The van der Waals surface area contributed by atoms with Gasteiger partial charge in [-0.1, -0.05) is 0 Å². The first kappa shape index (κ1) is 13.6. The van der Waals surface area contributed by atoms with Gasteiger partial charge in [-0.15, -0.1) is 0 Å². The van der Waals surface area contributed by atoms with Crippen molar-refractivity contribution in [3.05, 3.63) is 17.8 Å². The third-order valence-corrected chi connectivity index (χ3v) is 3.21. The average molecular weight is 264 g/mol. The van der Waals surface area contributed by atoms with Crippen LogP contribution in [0.2, 0.25) is 0 Å². The number of nitrogen functional groups attached to an aromatic ring is 1. The lowest BCUT2D eigenvalue weighted by Gasteiger charge is -2.35. The SMILES string of the molecule is CCNC(=O)C1COCCN1c1cc(N)c(C)cn1. The van der Waals surface area contributed by atoms with Gasteiger partial charge >= 0.3 is 0 Å². The van der Waals surface area contributed by atoms with Gasteiger partial charge in [0.1, 0.15) is 11.9 Å². The lowest BCUT2D eigenvalue weighted by Crippen LogP contribution is -2.54. The fourth-order valence-corrected chi connectivity index (χ4v) is 2.07. The van der Waals surface area contributed by atoms with Crippen LogP contribution in [0.25, 0.3) is 0 Å². The van der Waals surface area contributed by atoms with Crippen molar-refractivity contribution in [3.63, 3.8) is 0 Å². The zero-order chi connectivity index (χ0) is 13.8. The number of nitrogens with zero attached hydrogens (tertiary/aromatic N) is 2. The van der Waals surface area contributed by atoms with Crippen LogP contribution in [0.15, 0.2) is 12.3 Å². The summed E-state index contributed by atoms with van der Waals surface area (Å²) in [6.45, 7) is 6.01. The van der Waals surface area contributed by atoms with Gasteiger partial charge in [0.05, 0.1) is 13.2 Å². The van der Waals surface area contributed by atoms with E-state index in [1.54, 1.807) is 6.20 Å². The number of hydrogen-bond acceptors (Lipinski definition) is 5. The summed E-state index contributed by atoms with van der Waals surface area (Å²) in [5.41, 5.74) is 7.53. The molecule has 2 rings (SSSR count). The second-order valence-corrected chi connectivity index (χ2v) is 4.58. The molecule has 1 atom stereocenters. The Morgan fingerprint density at radius 1 is 1.68 bits per heavy atom. The number of nitrogens with two attached hydrogens (primary N) is 1. The van der Waals surface area contributed by atoms with E-state index >= 15 is 0 Å². The Kier molecular flexibility index (Phi) is 4.21. The van der Waals surface area contributed by atoms with Gasteiger partial charge in [0.2, 0.25) is 5.91 Å². The highest BCUT2D eigenvalue weighted by Gasteiger charge is 2.30. The lowest BCUT2D eigenvalue weighted by molar-refractivity contribution is -0.124. The molecule has 0 radical (unpaired) electrons. The molecule has 3 N–H and O–H groups in total. The normalized spacial score (nSPS) is 19.3. The molecular weight excluding hydrogens is 244 g/mol. The zero-order valence-electron chi connectivity index (χ0n) is 11.3. The first-order chi connectivity index (χ1) is 9.13. The molecule has 1 fully saturated rings. The molecule has 1 aromatic heterocycles. The van der Waals surface area contributed by atoms with Gasteiger partial charge in [0, 0.05) is 31.0 Å². The minimum absolute atomic E-state index is 0.0388. The summed E-state index contributed by atoms with van der Waals surface area (Å²) < 4.78 is 5.39. The van der Waals surface area contributed by atoms with Gasteiger partial charge in [-0.2, -0.15) is 0 Å². The van der Waals surface area contributed by atoms with Crippen LogP contribution in [0.4, 0.5) is 11.5 Å². The van der Waals surface area contributed by atoms with E-state index < -0.39 is 0 Å². The minimum atomic E-state index is -0.344. The van der Waals surface area contributed by atoms with Gasteiger partial charge in [-0.05, 0) is 19.4 Å². The molecular formula is C13H20N4O2. The zero-order valence-corrected chi connectivity index (χ0v) is 11.3. The predicted octanol–water partition coefficient (Wildman–Crippen LogP) is 0.314. The van der Waals surface area contributed by atoms with Gasteiger partial charge in [0.15, 0.2) is 0 Å². The van der Waals surface area contributed by atoms with Crippen LogP contribution in [0.5, 0.6) is 0 Å². The third-order valence-electron chi connectivity index (χ3n) is 3.21. The van der Waals surface area contributed by atoms with Crippen molar-refractivity contribution in [1.82, 2.24) is 10.3 Å². The second kappa shape index (κ2) is 5.88. The van der Waals surface area contributed by atoms with Crippen molar-refractivity contribution in [2.75, 3.05) is 36.9 Å². The molecule has 1 aliphatic rings.